The van der Waals surface area contributed by atoms with Crippen molar-refractivity contribution < 1.29 is 5.11 Å². The van der Waals surface area contributed by atoms with Crippen molar-refractivity contribution in [1.29, 1.82) is 0 Å². The first-order valence-electron chi connectivity index (χ1n) is 6.69. The fourth-order valence-corrected chi connectivity index (χ4v) is 2.56. The average Bonchev–Trinajstić information content (AvgIpc) is 2.31. The largest absolute Gasteiger partial charge is 0.507 e. The van der Waals surface area contributed by atoms with Gasteiger partial charge in [-0.2, -0.15) is 0 Å². The number of benzene rings is 2. The van der Waals surface area contributed by atoms with E-state index in [2.05, 4.69) is 45.9 Å². The second-order valence-corrected chi connectivity index (χ2v) is 5.97. The topological polar surface area (TPSA) is 20.2 Å². The molecule has 96 valence electrons. The molecule has 0 saturated carbocycles. The van der Waals surface area contributed by atoms with Gasteiger partial charge < -0.3 is 5.11 Å². The van der Waals surface area contributed by atoms with Crippen LogP contribution in [0.4, 0.5) is 0 Å². The SMILES string of the molecule is CCCc1ccc(O)c2c(C(C)(C)C)cccc12. The Morgan fingerprint density at radius 1 is 1.06 bits per heavy atom. The van der Waals surface area contributed by atoms with E-state index in [9.17, 15) is 5.11 Å². The number of fused-ring (bicyclic) bond motifs is 1. The van der Waals surface area contributed by atoms with Crippen LogP contribution in [0.15, 0.2) is 30.3 Å². The number of rotatable bonds is 2. The van der Waals surface area contributed by atoms with Gasteiger partial charge in [0.1, 0.15) is 5.75 Å². The molecule has 0 aliphatic heterocycles. The molecular formula is C17H22O. The van der Waals surface area contributed by atoms with Crippen LogP contribution in [0.2, 0.25) is 0 Å². The average molecular weight is 242 g/mol. The Hall–Kier alpha value is -1.50. The molecule has 0 radical (unpaired) electrons. The monoisotopic (exact) mass is 242 g/mol. The second kappa shape index (κ2) is 4.64. The van der Waals surface area contributed by atoms with Crippen LogP contribution in [0.5, 0.6) is 5.75 Å². The molecule has 2 rings (SSSR count). The third-order valence-corrected chi connectivity index (χ3v) is 3.44. The van der Waals surface area contributed by atoms with Crippen molar-refractivity contribution in [1.82, 2.24) is 0 Å². The van der Waals surface area contributed by atoms with Crippen LogP contribution in [-0.2, 0) is 11.8 Å². The molecule has 0 unspecified atom stereocenters. The quantitative estimate of drug-likeness (QED) is 0.802. The van der Waals surface area contributed by atoms with Crippen molar-refractivity contribution in [3.05, 3.63) is 41.5 Å². The zero-order chi connectivity index (χ0) is 13.3. The molecule has 0 spiro atoms. The smallest absolute Gasteiger partial charge is 0.123 e. The Morgan fingerprint density at radius 3 is 2.39 bits per heavy atom. The van der Waals surface area contributed by atoms with Gasteiger partial charge in [-0.3, -0.25) is 0 Å². The van der Waals surface area contributed by atoms with Gasteiger partial charge in [-0.15, -0.1) is 0 Å². The molecule has 0 fully saturated rings. The van der Waals surface area contributed by atoms with Gasteiger partial charge in [-0.25, -0.2) is 0 Å². The first kappa shape index (κ1) is 12.9. The van der Waals surface area contributed by atoms with Crippen LogP contribution < -0.4 is 0 Å². The second-order valence-electron chi connectivity index (χ2n) is 5.97. The molecule has 1 nitrogen and oxygen atoms in total. The van der Waals surface area contributed by atoms with Gasteiger partial charge in [0.15, 0.2) is 0 Å². The number of phenolic OH excluding ortho intramolecular Hbond substituents is 1. The van der Waals surface area contributed by atoms with Gasteiger partial charge in [-0.05, 0) is 34.4 Å². The summed E-state index contributed by atoms with van der Waals surface area (Å²) in [5.41, 5.74) is 2.59. The minimum atomic E-state index is 0.0435. The van der Waals surface area contributed by atoms with Gasteiger partial charge >= 0.3 is 0 Å². The summed E-state index contributed by atoms with van der Waals surface area (Å²) in [5, 5.41) is 12.4. The minimum Gasteiger partial charge on any atom is -0.507 e. The lowest BCUT2D eigenvalue weighted by molar-refractivity contribution is 0.479. The van der Waals surface area contributed by atoms with Crippen molar-refractivity contribution >= 4 is 10.8 Å². The number of hydrogen-bond donors (Lipinski definition) is 1. The van der Waals surface area contributed by atoms with E-state index in [0.717, 1.165) is 18.2 Å². The van der Waals surface area contributed by atoms with Gasteiger partial charge in [0.05, 0.1) is 0 Å². The Bertz CT molecular complexity index is 562. The standard InChI is InChI=1S/C17H22O/c1-5-7-12-10-11-15(18)16-13(12)8-6-9-14(16)17(2,3)4/h6,8-11,18H,5,7H2,1-4H3. The molecule has 0 saturated heterocycles. The number of aryl methyl sites for hydroxylation is 1. The maximum atomic E-state index is 10.2. The summed E-state index contributed by atoms with van der Waals surface area (Å²) >= 11 is 0. The summed E-state index contributed by atoms with van der Waals surface area (Å²) in [6, 6.07) is 10.2. The summed E-state index contributed by atoms with van der Waals surface area (Å²) in [6.07, 6.45) is 2.18. The molecule has 2 aromatic rings. The molecule has 0 amide bonds. The third-order valence-electron chi connectivity index (χ3n) is 3.44. The lowest BCUT2D eigenvalue weighted by Gasteiger charge is -2.22. The maximum Gasteiger partial charge on any atom is 0.123 e. The molecule has 0 bridgehead atoms. The van der Waals surface area contributed by atoms with Crippen LogP contribution in [-0.4, -0.2) is 5.11 Å². The Labute approximate surface area is 109 Å². The molecule has 1 heteroatoms. The van der Waals surface area contributed by atoms with Crippen molar-refractivity contribution in [2.24, 2.45) is 0 Å². The summed E-state index contributed by atoms with van der Waals surface area (Å²) in [7, 11) is 0. The first-order chi connectivity index (χ1) is 8.45. The van der Waals surface area contributed by atoms with E-state index < -0.39 is 0 Å². The Balaban J connectivity index is 2.80. The highest BCUT2D eigenvalue weighted by atomic mass is 16.3. The van der Waals surface area contributed by atoms with E-state index in [-0.39, 0.29) is 5.41 Å². The maximum absolute atomic E-state index is 10.2. The third kappa shape index (κ3) is 2.22. The van der Waals surface area contributed by atoms with Crippen molar-refractivity contribution in [2.75, 3.05) is 0 Å². The van der Waals surface area contributed by atoms with Gasteiger partial charge in [0.25, 0.3) is 0 Å². The highest BCUT2D eigenvalue weighted by Crippen LogP contribution is 2.37. The van der Waals surface area contributed by atoms with Gasteiger partial charge in [0, 0.05) is 5.39 Å². The van der Waals surface area contributed by atoms with Crippen molar-refractivity contribution in [2.45, 2.75) is 46.0 Å². The molecule has 2 aromatic carbocycles. The molecule has 0 heterocycles. The highest BCUT2D eigenvalue weighted by Gasteiger charge is 2.19. The number of phenols is 1. The lowest BCUT2D eigenvalue weighted by Crippen LogP contribution is -2.11. The minimum absolute atomic E-state index is 0.0435. The van der Waals surface area contributed by atoms with Crippen LogP contribution in [0.25, 0.3) is 10.8 Å². The van der Waals surface area contributed by atoms with Crippen LogP contribution in [0.3, 0.4) is 0 Å². The van der Waals surface area contributed by atoms with Crippen LogP contribution in [0, 0.1) is 0 Å². The van der Waals surface area contributed by atoms with Crippen molar-refractivity contribution in [3.63, 3.8) is 0 Å². The predicted molar refractivity (Wildman–Crippen MR) is 78.3 cm³/mol. The Morgan fingerprint density at radius 2 is 1.78 bits per heavy atom. The Kier molecular flexibility index (Phi) is 3.34. The summed E-state index contributed by atoms with van der Waals surface area (Å²) in [6.45, 7) is 8.75. The van der Waals surface area contributed by atoms with E-state index in [1.165, 1.54) is 16.5 Å². The zero-order valence-corrected chi connectivity index (χ0v) is 11.7. The predicted octanol–water partition coefficient (Wildman–Crippen LogP) is 4.80. The molecule has 0 aromatic heterocycles. The molecule has 18 heavy (non-hydrogen) atoms. The van der Waals surface area contributed by atoms with E-state index in [1.807, 2.05) is 12.1 Å². The van der Waals surface area contributed by atoms with E-state index in [4.69, 9.17) is 0 Å². The number of hydrogen-bond acceptors (Lipinski definition) is 1. The van der Waals surface area contributed by atoms with E-state index in [1.54, 1.807) is 0 Å². The molecule has 1 N–H and O–H groups in total. The molecule has 0 aliphatic rings. The van der Waals surface area contributed by atoms with E-state index in [0.29, 0.717) is 5.75 Å². The van der Waals surface area contributed by atoms with Crippen molar-refractivity contribution in [3.8, 4) is 5.75 Å². The summed E-state index contributed by atoms with van der Waals surface area (Å²) < 4.78 is 0. The van der Waals surface area contributed by atoms with Crippen LogP contribution in [0.1, 0.15) is 45.2 Å². The molecule has 0 atom stereocenters. The lowest BCUT2D eigenvalue weighted by atomic mass is 9.82. The molecule has 0 aliphatic carbocycles. The fourth-order valence-electron chi connectivity index (χ4n) is 2.56. The molecular weight excluding hydrogens is 220 g/mol. The van der Waals surface area contributed by atoms with Crippen LogP contribution >= 0.6 is 0 Å². The fraction of sp³-hybridized carbons (Fsp3) is 0.412. The summed E-state index contributed by atoms with van der Waals surface area (Å²) in [5.74, 6) is 0.398. The van der Waals surface area contributed by atoms with Gasteiger partial charge in [0.2, 0.25) is 0 Å². The first-order valence-corrected chi connectivity index (χ1v) is 6.69. The van der Waals surface area contributed by atoms with E-state index >= 15 is 0 Å². The van der Waals surface area contributed by atoms with Gasteiger partial charge in [-0.1, -0.05) is 58.4 Å². The normalized spacial score (nSPS) is 12.0. The highest BCUT2D eigenvalue weighted by molar-refractivity contribution is 5.94. The number of aromatic hydroxyl groups is 1. The zero-order valence-electron chi connectivity index (χ0n) is 11.7. The summed E-state index contributed by atoms with van der Waals surface area (Å²) in [4.78, 5) is 0.